The minimum Gasteiger partial charge on any atom is -0.395 e. The van der Waals surface area contributed by atoms with E-state index in [0.717, 1.165) is 51.3 Å². The van der Waals surface area contributed by atoms with Gasteiger partial charge in [0.25, 0.3) is 0 Å². The maximum atomic E-state index is 12.8. The van der Waals surface area contributed by atoms with Crippen LogP contribution >= 0.6 is 0 Å². The van der Waals surface area contributed by atoms with Crippen LogP contribution in [0.5, 0.6) is 0 Å². The normalized spacial score (nSPS) is 25.9. The summed E-state index contributed by atoms with van der Waals surface area (Å²) < 4.78 is 2.09. The summed E-state index contributed by atoms with van der Waals surface area (Å²) in [6.45, 7) is 7.98. The maximum absolute atomic E-state index is 12.8. The second kappa shape index (κ2) is 6.57. The molecule has 2 aliphatic heterocycles. The predicted molar refractivity (Wildman–Crippen MR) is 85.6 cm³/mol. The average molecular weight is 321 g/mol. The molecule has 3 rings (SSSR count). The van der Waals surface area contributed by atoms with Crippen molar-refractivity contribution in [1.82, 2.24) is 24.6 Å². The standard InChI is InChI=1S/C16H27N5O2/c1-13(2)21-12-17-18-14(21)10-19-7-5-16(11-19)4-3-6-20(8-9-22)15(16)23/h12-13,22H,3-11H2,1-2H3/t16-/m1/s1. The van der Waals surface area contributed by atoms with Crippen molar-refractivity contribution in [3.8, 4) is 0 Å². The Balaban J connectivity index is 1.68. The number of likely N-dealkylation sites (tertiary alicyclic amines) is 2. The Hall–Kier alpha value is -1.47. The maximum Gasteiger partial charge on any atom is 0.230 e. The quantitative estimate of drug-likeness (QED) is 0.862. The smallest absolute Gasteiger partial charge is 0.230 e. The highest BCUT2D eigenvalue weighted by molar-refractivity contribution is 5.84. The zero-order valence-electron chi connectivity index (χ0n) is 14.1. The minimum atomic E-state index is -0.254. The fourth-order valence-electron chi connectivity index (χ4n) is 3.97. The van der Waals surface area contributed by atoms with Crippen molar-refractivity contribution in [3.05, 3.63) is 12.2 Å². The van der Waals surface area contributed by atoms with Crippen LogP contribution in [0, 0.1) is 5.41 Å². The van der Waals surface area contributed by atoms with Crippen LogP contribution < -0.4 is 0 Å². The molecule has 1 N–H and O–H groups in total. The van der Waals surface area contributed by atoms with Gasteiger partial charge in [0, 0.05) is 25.7 Å². The largest absolute Gasteiger partial charge is 0.395 e. The number of amides is 1. The van der Waals surface area contributed by atoms with E-state index >= 15 is 0 Å². The van der Waals surface area contributed by atoms with Crippen LogP contribution in [0.2, 0.25) is 0 Å². The summed E-state index contributed by atoms with van der Waals surface area (Å²) in [5, 5.41) is 17.4. The van der Waals surface area contributed by atoms with Gasteiger partial charge in [0.2, 0.25) is 5.91 Å². The molecule has 0 unspecified atom stereocenters. The molecular formula is C16H27N5O2. The number of carbonyl (C=O) groups excluding carboxylic acids is 1. The van der Waals surface area contributed by atoms with Gasteiger partial charge in [-0.05, 0) is 39.7 Å². The third-order valence-corrected chi connectivity index (χ3v) is 5.20. The molecule has 1 aromatic heterocycles. The molecule has 2 fully saturated rings. The van der Waals surface area contributed by atoms with E-state index in [9.17, 15) is 4.79 Å². The fraction of sp³-hybridized carbons (Fsp3) is 0.812. The first-order valence-electron chi connectivity index (χ1n) is 8.57. The molecule has 0 saturated carbocycles. The average Bonchev–Trinajstić information content (AvgIpc) is 3.13. The Morgan fingerprint density at radius 3 is 2.91 bits per heavy atom. The van der Waals surface area contributed by atoms with Crippen LogP contribution in [-0.2, 0) is 11.3 Å². The molecular weight excluding hydrogens is 294 g/mol. The van der Waals surface area contributed by atoms with Gasteiger partial charge in [0.15, 0.2) is 0 Å². The molecule has 3 heterocycles. The van der Waals surface area contributed by atoms with Crippen molar-refractivity contribution in [2.24, 2.45) is 5.41 Å². The van der Waals surface area contributed by atoms with Crippen molar-refractivity contribution in [3.63, 3.8) is 0 Å². The fourth-order valence-corrected chi connectivity index (χ4v) is 3.97. The molecule has 7 heteroatoms. The number of hydrogen-bond donors (Lipinski definition) is 1. The molecule has 0 aromatic carbocycles. The highest BCUT2D eigenvalue weighted by Crippen LogP contribution is 2.40. The summed E-state index contributed by atoms with van der Waals surface area (Å²) in [5.41, 5.74) is -0.254. The van der Waals surface area contributed by atoms with Crippen molar-refractivity contribution >= 4 is 5.91 Å². The summed E-state index contributed by atoms with van der Waals surface area (Å²) in [6.07, 6.45) is 4.67. The molecule has 2 aliphatic rings. The molecule has 0 aliphatic carbocycles. The van der Waals surface area contributed by atoms with Gasteiger partial charge >= 0.3 is 0 Å². The first kappa shape index (κ1) is 16.4. The molecule has 23 heavy (non-hydrogen) atoms. The van der Waals surface area contributed by atoms with Gasteiger partial charge in [-0.15, -0.1) is 10.2 Å². The predicted octanol–water partition coefficient (Wildman–Crippen LogP) is 0.666. The van der Waals surface area contributed by atoms with Gasteiger partial charge in [0.1, 0.15) is 12.2 Å². The summed E-state index contributed by atoms with van der Waals surface area (Å²) in [5.74, 6) is 1.19. The summed E-state index contributed by atoms with van der Waals surface area (Å²) in [7, 11) is 0. The molecule has 1 aromatic rings. The lowest BCUT2D eigenvalue weighted by Gasteiger charge is -2.39. The van der Waals surface area contributed by atoms with E-state index in [1.165, 1.54) is 0 Å². The second-order valence-electron chi connectivity index (χ2n) is 7.11. The Bertz CT molecular complexity index is 556. The summed E-state index contributed by atoms with van der Waals surface area (Å²) in [4.78, 5) is 17.0. The lowest BCUT2D eigenvalue weighted by atomic mass is 9.78. The monoisotopic (exact) mass is 321 g/mol. The topological polar surface area (TPSA) is 74.5 Å². The highest BCUT2D eigenvalue weighted by Gasteiger charge is 2.48. The van der Waals surface area contributed by atoms with Gasteiger partial charge in [-0.1, -0.05) is 0 Å². The van der Waals surface area contributed by atoms with Crippen LogP contribution in [0.25, 0.3) is 0 Å². The first-order valence-corrected chi connectivity index (χ1v) is 8.57. The highest BCUT2D eigenvalue weighted by atomic mass is 16.3. The third kappa shape index (κ3) is 3.12. The molecule has 1 atom stereocenters. The van der Waals surface area contributed by atoms with Gasteiger partial charge < -0.3 is 14.6 Å². The van der Waals surface area contributed by atoms with Gasteiger partial charge in [0.05, 0.1) is 18.6 Å². The number of nitrogens with zero attached hydrogens (tertiary/aromatic N) is 5. The Morgan fingerprint density at radius 2 is 2.17 bits per heavy atom. The molecule has 128 valence electrons. The molecule has 7 nitrogen and oxygen atoms in total. The third-order valence-electron chi connectivity index (χ3n) is 5.20. The van der Waals surface area contributed by atoms with E-state index in [4.69, 9.17) is 5.11 Å². The Kier molecular flexibility index (Phi) is 4.68. The van der Waals surface area contributed by atoms with Crippen LogP contribution in [0.1, 0.15) is 45.0 Å². The minimum absolute atomic E-state index is 0.0447. The molecule has 0 radical (unpaired) electrons. The lowest BCUT2D eigenvalue weighted by Crippen LogP contribution is -2.50. The molecule has 2 saturated heterocycles. The van der Waals surface area contributed by atoms with E-state index in [1.54, 1.807) is 6.33 Å². The van der Waals surface area contributed by atoms with Crippen molar-refractivity contribution < 1.29 is 9.90 Å². The van der Waals surface area contributed by atoms with Gasteiger partial charge in [-0.25, -0.2) is 0 Å². The molecule has 0 bridgehead atoms. The van der Waals surface area contributed by atoms with Gasteiger partial charge in [-0.3, -0.25) is 9.69 Å². The zero-order chi connectivity index (χ0) is 16.4. The number of aromatic nitrogens is 3. The number of aliphatic hydroxyl groups is 1. The van der Waals surface area contributed by atoms with Crippen molar-refractivity contribution in [1.29, 1.82) is 0 Å². The summed E-state index contributed by atoms with van der Waals surface area (Å²) >= 11 is 0. The molecule has 1 amide bonds. The van der Waals surface area contributed by atoms with Crippen molar-refractivity contribution in [2.45, 2.75) is 45.7 Å². The number of rotatable bonds is 5. The van der Waals surface area contributed by atoms with Crippen LogP contribution in [0.4, 0.5) is 0 Å². The lowest BCUT2D eigenvalue weighted by molar-refractivity contribution is -0.146. The van der Waals surface area contributed by atoms with Crippen LogP contribution in [-0.4, -0.2) is 68.4 Å². The summed E-state index contributed by atoms with van der Waals surface area (Å²) in [6, 6.07) is 0.341. The second-order valence-corrected chi connectivity index (χ2v) is 7.11. The SMILES string of the molecule is CC(C)n1cnnc1CN1CC[C@]2(CCCN(CCO)C2=O)C1. The Morgan fingerprint density at radius 1 is 1.35 bits per heavy atom. The zero-order valence-corrected chi connectivity index (χ0v) is 14.1. The van der Waals surface area contributed by atoms with E-state index in [2.05, 4.69) is 33.5 Å². The number of piperidine rings is 1. The van der Waals surface area contributed by atoms with E-state index < -0.39 is 0 Å². The number of β-amino-alcohol motifs (C(OH)–C–C–N with tert-alkyl or cyclic N) is 1. The van der Waals surface area contributed by atoms with E-state index in [0.29, 0.717) is 12.6 Å². The van der Waals surface area contributed by atoms with E-state index in [-0.39, 0.29) is 17.9 Å². The van der Waals surface area contributed by atoms with Crippen molar-refractivity contribution in [2.75, 3.05) is 32.8 Å². The van der Waals surface area contributed by atoms with Crippen LogP contribution in [0.3, 0.4) is 0 Å². The Labute approximate surface area is 137 Å². The van der Waals surface area contributed by atoms with E-state index in [1.807, 2.05) is 4.90 Å². The number of carbonyl (C=O) groups is 1. The number of hydrogen-bond acceptors (Lipinski definition) is 5. The molecule has 1 spiro atoms. The van der Waals surface area contributed by atoms with Crippen LogP contribution in [0.15, 0.2) is 6.33 Å². The van der Waals surface area contributed by atoms with Gasteiger partial charge in [-0.2, -0.15) is 0 Å². The number of aliphatic hydroxyl groups excluding tert-OH is 1. The first-order chi connectivity index (χ1) is 11.1.